The average molecular weight is 432 g/mol. The number of rotatable bonds is 6. The first-order valence-corrected chi connectivity index (χ1v) is 11.1. The number of benzene rings is 2. The zero-order chi connectivity index (χ0) is 21.4. The van der Waals surface area contributed by atoms with Crippen LogP contribution in [0.5, 0.6) is 5.75 Å². The third-order valence-electron chi connectivity index (χ3n) is 5.17. The van der Waals surface area contributed by atoms with Gasteiger partial charge in [0.15, 0.2) is 5.76 Å². The summed E-state index contributed by atoms with van der Waals surface area (Å²) in [7, 11) is 0. The number of fused-ring (bicyclic) bond motifs is 2. The summed E-state index contributed by atoms with van der Waals surface area (Å²) in [6.07, 6.45) is 3.99. The predicted octanol–water partition coefficient (Wildman–Crippen LogP) is 4.60. The molecule has 0 bridgehead atoms. The highest BCUT2D eigenvalue weighted by molar-refractivity contribution is 7.15. The van der Waals surface area contributed by atoms with Crippen LogP contribution in [0.3, 0.4) is 0 Å². The van der Waals surface area contributed by atoms with Gasteiger partial charge in [-0.1, -0.05) is 55.0 Å². The fourth-order valence-electron chi connectivity index (χ4n) is 3.46. The Balaban J connectivity index is 1.47. The summed E-state index contributed by atoms with van der Waals surface area (Å²) in [6, 6.07) is 15.5. The third-order valence-corrected chi connectivity index (χ3v) is 6.13. The molecule has 5 aromatic rings. The Bertz CT molecular complexity index is 1480. The summed E-state index contributed by atoms with van der Waals surface area (Å²) in [4.78, 5) is 18.0. The van der Waals surface area contributed by atoms with E-state index in [1.807, 2.05) is 61.5 Å². The molecule has 0 saturated heterocycles. The lowest BCUT2D eigenvalue weighted by atomic mass is 10.1. The molecule has 2 aromatic carbocycles. The zero-order valence-corrected chi connectivity index (χ0v) is 18.1. The molecule has 31 heavy (non-hydrogen) atoms. The SMILES string of the molecule is CCCCOc1ccc(/C=c2\sc3nc(-c4oc5ccccc5c4C)nn3c2=O)cc1. The molecule has 0 spiro atoms. The van der Waals surface area contributed by atoms with Crippen molar-refractivity contribution in [1.29, 1.82) is 0 Å². The minimum Gasteiger partial charge on any atom is -0.494 e. The molecule has 0 amide bonds. The number of hydrogen-bond donors (Lipinski definition) is 0. The summed E-state index contributed by atoms with van der Waals surface area (Å²) in [5, 5.41) is 5.45. The van der Waals surface area contributed by atoms with Crippen LogP contribution in [0.25, 0.3) is 33.6 Å². The van der Waals surface area contributed by atoms with Gasteiger partial charge in [0.25, 0.3) is 5.56 Å². The van der Waals surface area contributed by atoms with Crippen molar-refractivity contribution in [2.75, 3.05) is 6.61 Å². The first-order chi connectivity index (χ1) is 15.1. The lowest BCUT2D eigenvalue weighted by Crippen LogP contribution is -2.23. The molecule has 0 aliphatic rings. The molecule has 0 aliphatic heterocycles. The number of hydrogen-bond acceptors (Lipinski definition) is 6. The van der Waals surface area contributed by atoms with Crippen LogP contribution in [-0.2, 0) is 0 Å². The highest BCUT2D eigenvalue weighted by Crippen LogP contribution is 2.31. The monoisotopic (exact) mass is 431 g/mol. The second-order valence-corrected chi connectivity index (χ2v) is 8.38. The molecule has 0 aliphatic carbocycles. The van der Waals surface area contributed by atoms with Crippen LogP contribution < -0.4 is 14.8 Å². The quantitative estimate of drug-likeness (QED) is 0.368. The van der Waals surface area contributed by atoms with Crippen LogP contribution in [-0.4, -0.2) is 21.2 Å². The van der Waals surface area contributed by atoms with Crippen molar-refractivity contribution in [3.63, 3.8) is 0 Å². The van der Waals surface area contributed by atoms with Gasteiger partial charge in [0.1, 0.15) is 11.3 Å². The molecule has 3 heterocycles. The number of unbranched alkanes of at least 4 members (excludes halogenated alkanes) is 1. The molecule has 0 unspecified atom stereocenters. The topological polar surface area (TPSA) is 69.6 Å². The molecule has 0 atom stereocenters. The van der Waals surface area contributed by atoms with Gasteiger partial charge in [0.2, 0.25) is 10.8 Å². The number of para-hydroxylation sites is 1. The van der Waals surface area contributed by atoms with E-state index in [-0.39, 0.29) is 5.56 Å². The molecular weight excluding hydrogens is 410 g/mol. The molecule has 156 valence electrons. The minimum absolute atomic E-state index is 0.184. The summed E-state index contributed by atoms with van der Waals surface area (Å²) in [5.74, 6) is 1.86. The first-order valence-electron chi connectivity index (χ1n) is 10.3. The number of aryl methyl sites for hydroxylation is 1. The lowest BCUT2D eigenvalue weighted by molar-refractivity contribution is 0.309. The summed E-state index contributed by atoms with van der Waals surface area (Å²) >= 11 is 1.32. The molecule has 0 saturated carbocycles. The van der Waals surface area contributed by atoms with Crippen molar-refractivity contribution in [3.8, 4) is 17.3 Å². The van der Waals surface area contributed by atoms with Crippen LogP contribution in [0.2, 0.25) is 0 Å². The van der Waals surface area contributed by atoms with Crippen LogP contribution in [0.15, 0.2) is 57.7 Å². The number of furan rings is 1. The number of aromatic nitrogens is 3. The van der Waals surface area contributed by atoms with E-state index < -0.39 is 0 Å². The lowest BCUT2D eigenvalue weighted by Gasteiger charge is -2.04. The van der Waals surface area contributed by atoms with E-state index in [1.54, 1.807) is 0 Å². The van der Waals surface area contributed by atoms with Crippen LogP contribution >= 0.6 is 11.3 Å². The van der Waals surface area contributed by atoms with E-state index in [0.717, 1.165) is 40.7 Å². The number of nitrogens with zero attached hydrogens (tertiary/aromatic N) is 3. The van der Waals surface area contributed by atoms with E-state index >= 15 is 0 Å². The summed E-state index contributed by atoms with van der Waals surface area (Å²) < 4.78 is 13.6. The standard InChI is InChI=1S/C24H21N3O3S/c1-3-4-13-29-17-11-9-16(10-12-17)14-20-23(28)27-24(31-20)25-22(26-27)21-15(2)18-7-5-6-8-19(18)30-21/h5-12,14H,3-4,13H2,1-2H3/b20-14-. The van der Waals surface area contributed by atoms with E-state index in [0.29, 0.717) is 27.7 Å². The third kappa shape index (κ3) is 3.61. The minimum atomic E-state index is -0.184. The molecule has 6 nitrogen and oxygen atoms in total. The van der Waals surface area contributed by atoms with Gasteiger partial charge in [-0.15, -0.1) is 5.10 Å². The highest BCUT2D eigenvalue weighted by Gasteiger charge is 2.18. The molecule has 0 fully saturated rings. The van der Waals surface area contributed by atoms with E-state index in [4.69, 9.17) is 9.15 Å². The van der Waals surface area contributed by atoms with Gasteiger partial charge in [0.05, 0.1) is 11.1 Å². The molecule has 3 aromatic heterocycles. The van der Waals surface area contributed by atoms with Gasteiger partial charge in [-0.3, -0.25) is 4.79 Å². The van der Waals surface area contributed by atoms with Crippen molar-refractivity contribution in [3.05, 3.63) is 74.5 Å². The van der Waals surface area contributed by atoms with Gasteiger partial charge in [-0.25, -0.2) is 0 Å². The van der Waals surface area contributed by atoms with Crippen LogP contribution in [0.4, 0.5) is 0 Å². The predicted molar refractivity (Wildman–Crippen MR) is 123 cm³/mol. The fraction of sp³-hybridized carbons (Fsp3) is 0.208. The summed E-state index contributed by atoms with van der Waals surface area (Å²) in [5.41, 5.74) is 2.49. The fourth-order valence-corrected chi connectivity index (χ4v) is 4.37. The van der Waals surface area contributed by atoms with Gasteiger partial charge >= 0.3 is 0 Å². The molecular formula is C24H21N3O3S. The van der Waals surface area contributed by atoms with Crippen molar-refractivity contribution in [1.82, 2.24) is 14.6 Å². The van der Waals surface area contributed by atoms with Crippen molar-refractivity contribution < 1.29 is 9.15 Å². The van der Waals surface area contributed by atoms with Crippen molar-refractivity contribution in [2.24, 2.45) is 0 Å². The Kier molecular flexibility index (Phi) is 5.03. The number of thiazole rings is 1. The summed E-state index contributed by atoms with van der Waals surface area (Å²) in [6.45, 7) is 4.82. The number of ether oxygens (including phenoxy) is 1. The Morgan fingerprint density at radius 2 is 1.97 bits per heavy atom. The smallest absolute Gasteiger partial charge is 0.291 e. The Labute approximate surface area is 182 Å². The largest absolute Gasteiger partial charge is 0.494 e. The zero-order valence-electron chi connectivity index (χ0n) is 17.3. The maximum absolute atomic E-state index is 12.9. The van der Waals surface area contributed by atoms with Crippen LogP contribution in [0, 0.1) is 6.92 Å². The Hall–Kier alpha value is -3.45. The van der Waals surface area contributed by atoms with Gasteiger partial charge < -0.3 is 9.15 Å². The maximum atomic E-state index is 12.9. The first kappa shape index (κ1) is 19.5. The Morgan fingerprint density at radius 1 is 1.16 bits per heavy atom. The maximum Gasteiger partial charge on any atom is 0.291 e. The highest BCUT2D eigenvalue weighted by atomic mass is 32.1. The van der Waals surface area contributed by atoms with Crippen LogP contribution in [0.1, 0.15) is 30.9 Å². The molecule has 5 rings (SSSR count). The second kappa shape index (κ2) is 8.00. The molecule has 0 radical (unpaired) electrons. The van der Waals surface area contributed by atoms with E-state index in [9.17, 15) is 4.79 Å². The molecule has 7 heteroatoms. The van der Waals surface area contributed by atoms with Crippen molar-refractivity contribution in [2.45, 2.75) is 26.7 Å². The van der Waals surface area contributed by atoms with E-state index in [1.165, 1.54) is 15.9 Å². The Morgan fingerprint density at radius 3 is 2.71 bits per heavy atom. The average Bonchev–Trinajstić information content (AvgIpc) is 3.43. The van der Waals surface area contributed by atoms with Gasteiger partial charge in [-0.2, -0.15) is 9.50 Å². The van der Waals surface area contributed by atoms with Crippen molar-refractivity contribution >= 4 is 33.3 Å². The van der Waals surface area contributed by atoms with Gasteiger partial charge in [0, 0.05) is 10.9 Å². The van der Waals surface area contributed by atoms with Gasteiger partial charge in [-0.05, 0) is 43.2 Å². The van der Waals surface area contributed by atoms with E-state index in [2.05, 4.69) is 17.0 Å². The molecule has 0 N–H and O–H groups in total. The normalized spacial score (nSPS) is 12.3. The second-order valence-electron chi connectivity index (χ2n) is 7.37.